The number of fused-ring (bicyclic) bond motifs is 1. The number of hydrogen-bond acceptors (Lipinski definition) is 6. The van der Waals surface area contributed by atoms with Gasteiger partial charge in [-0.25, -0.2) is 4.79 Å². The normalized spacial score (nSPS) is 16.7. The van der Waals surface area contributed by atoms with Gasteiger partial charge in [0.15, 0.2) is 18.1 Å². The molecule has 1 fully saturated rings. The molecule has 1 aromatic heterocycles. The molecule has 0 atom stereocenters. The number of benzene rings is 1. The number of anilines is 1. The Morgan fingerprint density at radius 3 is 2.70 bits per heavy atom. The molecule has 2 aliphatic rings. The van der Waals surface area contributed by atoms with E-state index in [2.05, 4.69) is 10.3 Å². The zero-order valence-corrected chi connectivity index (χ0v) is 14.8. The molecule has 140 valence electrons. The maximum absolute atomic E-state index is 12.1. The quantitative estimate of drug-likeness (QED) is 0.833. The van der Waals surface area contributed by atoms with Crippen LogP contribution in [-0.4, -0.2) is 29.3 Å². The third-order valence-corrected chi connectivity index (χ3v) is 4.67. The van der Waals surface area contributed by atoms with Crippen LogP contribution in [-0.2, 0) is 9.53 Å². The third-order valence-electron chi connectivity index (χ3n) is 4.67. The zero-order chi connectivity index (χ0) is 18.7. The Bertz CT molecular complexity index is 847. The molecule has 7 nitrogen and oxygen atoms in total. The van der Waals surface area contributed by atoms with Crippen LogP contribution in [0.4, 0.5) is 5.69 Å². The molecule has 0 radical (unpaired) electrons. The van der Waals surface area contributed by atoms with E-state index in [0.717, 1.165) is 25.7 Å². The van der Waals surface area contributed by atoms with E-state index < -0.39 is 17.7 Å². The second-order valence-corrected chi connectivity index (χ2v) is 6.70. The minimum absolute atomic E-state index is 0.297. The first-order valence-corrected chi connectivity index (χ1v) is 9.03. The molecule has 1 N–H and O–H groups in total. The van der Waals surface area contributed by atoms with E-state index in [1.807, 2.05) is 0 Å². The maximum Gasteiger partial charge on any atom is 0.340 e. The van der Waals surface area contributed by atoms with Crippen molar-refractivity contribution in [3.8, 4) is 11.5 Å². The number of rotatable bonds is 4. The molecule has 0 saturated heterocycles. The summed E-state index contributed by atoms with van der Waals surface area (Å²) in [6, 6.07) is 8.47. The number of ether oxygens (including phenoxy) is 3. The fourth-order valence-corrected chi connectivity index (χ4v) is 3.36. The summed E-state index contributed by atoms with van der Waals surface area (Å²) in [4.78, 5) is 27.8. The monoisotopic (exact) mass is 368 g/mol. The van der Waals surface area contributed by atoms with E-state index >= 15 is 0 Å². The van der Waals surface area contributed by atoms with Gasteiger partial charge in [-0.15, -0.1) is 0 Å². The van der Waals surface area contributed by atoms with Crippen molar-refractivity contribution in [3.05, 3.63) is 48.3 Å². The van der Waals surface area contributed by atoms with Gasteiger partial charge in [-0.2, -0.15) is 0 Å². The highest BCUT2D eigenvalue weighted by atomic mass is 16.7. The molecular formula is C20H20N2O5. The summed E-state index contributed by atoms with van der Waals surface area (Å²) in [6.45, 7) is -0.383. The second kappa shape index (κ2) is 7.26. The van der Waals surface area contributed by atoms with Gasteiger partial charge in [0.2, 0.25) is 0 Å². The van der Waals surface area contributed by atoms with Crippen LogP contribution in [0.3, 0.4) is 0 Å². The largest absolute Gasteiger partial charge is 0.452 e. The molecule has 1 aliphatic carbocycles. The predicted octanol–water partition coefficient (Wildman–Crippen LogP) is 3.31. The molecule has 7 heteroatoms. The first-order chi connectivity index (χ1) is 13.1. The molecule has 1 saturated carbocycles. The highest BCUT2D eigenvalue weighted by Crippen LogP contribution is 2.46. The summed E-state index contributed by atoms with van der Waals surface area (Å²) in [5, 5.41) is 2.70. The van der Waals surface area contributed by atoms with E-state index in [-0.39, 0.29) is 6.61 Å². The number of nitrogens with zero attached hydrogens (tertiary/aromatic N) is 1. The highest BCUT2D eigenvalue weighted by molar-refractivity contribution is 5.95. The van der Waals surface area contributed by atoms with Crippen LogP contribution in [0.15, 0.2) is 42.7 Å². The number of esters is 1. The van der Waals surface area contributed by atoms with Gasteiger partial charge in [-0.1, -0.05) is 6.42 Å². The highest BCUT2D eigenvalue weighted by Gasteiger charge is 2.42. The van der Waals surface area contributed by atoms with Crippen molar-refractivity contribution in [3.63, 3.8) is 0 Å². The van der Waals surface area contributed by atoms with Crippen LogP contribution in [0.2, 0.25) is 0 Å². The van der Waals surface area contributed by atoms with Crippen LogP contribution in [0.5, 0.6) is 11.5 Å². The van der Waals surface area contributed by atoms with E-state index in [9.17, 15) is 9.59 Å². The summed E-state index contributed by atoms with van der Waals surface area (Å²) in [5.41, 5.74) is 0.860. The van der Waals surface area contributed by atoms with E-state index in [0.29, 0.717) is 22.7 Å². The molecular weight excluding hydrogens is 348 g/mol. The topological polar surface area (TPSA) is 86.8 Å². The van der Waals surface area contributed by atoms with Crippen LogP contribution < -0.4 is 14.8 Å². The molecule has 1 spiro atoms. The summed E-state index contributed by atoms with van der Waals surface area (Å²) >= 11 is 0. The average molecular weight is 368 g/mol. The lowest BCUT2D eigenvalue weighted by molar-refractivity contribution is -0.119. The van der Waals surface area contributed by atoms with Crippen LogP contribution in [0.25, 0.3) is 0 Å². The van der Waals surface area contributed by atoms with Crippen LogP contribution in [0.1, 0.15) is 42.5 Å². The molecule has 27 heavy (non-hydrogen) atoms. The van der Waals surface area contributed by atoms with Crippen molar-refractivity contribution in [2.75, 3.05) is 11.9 Å². The lowest BCUT2D eigenvalue weighted by Crippen LogP contribution is -2.40. The van der Waals surface area contributed by atoms with Gasteiger partial charge in [0.25, 0.3) is 11.7 Å². The Morgan fingerprint density at radius 2 is 1.93 bits per heavy atom. The fraction of sp³-hybridized carbons (Fsp3) is 0.350. The second-order valence-electron chi connectivity index (χ2n) is 6.70. The van der Waals surface area contributed by atoms with Crippen molar-refractivity contribution in [2.45, 2.75) is 37.9 Å². The number of aromatic nitrogens is 1. The molecule has 0 bridgehead atoms. The minimum atomic E-state index is -0.594. The molecule has 4 rings (SSSR count). The first-order valence-electron chi connectivity index (χ1n) is 9.03. The van der Waals surface area contributed by atoms with Crippen LogP contribution >= 0.6 is 0 Å². The van der Waals surface area contributed by atoms with Crippen LogP contribution in [0, 0.1) is 0 Å². The molecule has 2 aromatic rings. The van der Waals surface area contributed by atoms with Gasteiger partial charge in [0, 0.05) is 37.0 Å². The van der Waals surface area contributed by atoms with Gasteiger partial charge in [-0.05, 0) is 37.1 Å². The lowest BCUT2D eigenvalue weighted by Gasteiger charge is -2.31. The Morgan fingerprint density at radius 1 is 1.11 bits per heavy atom. The van der Waals surface area contributed by atoms with Crippen molar-refractivity contribution < 1.29 is 23.8 Å². The van der Waals surface area contributed by atoms with E-state index in [1.165, 1.54) is 12.6 Å². The van der Waals surface area contributed by atoms with Gasteiger partial charge < -0.3 is 19.5 Å². The SMILES string of the molecule is O=C(COC(=O)c1cccnc1)Nc1ccc2c(c1)OC1(CCCCC1)O2. The molecule has 0 unspecified atom stereocenters. The summed E-state index contributed by atoms with van der Waals surface area (Å²) in [7, 11) is 0. The van der Waals surface area contributed by atoms with E-state index in [4.69, 9.17) is 14.2 Å². The zero-order valence-electron chi connectivity index (χ0n) is 14.8. The number of carbonyl (C=O) groups excluding carboxylic acids is 2. The smallest absolute Gasteiger partial charge is 0.340 e. The summed E-state index contributed by atoms with van der Waals surface area (Å²) in [6.07, 6.45) is 8.05. The van der Waals surface area contributed by atoms with Crippen molar-refractivity contribution in [2.24, 2.45) is 0 Å². The molecule has 1 aromatic carbocycles. The number of hydrogen-bond donors (Lipinski definition) is 1. The van der Waals surface area contributed by atoms with E-state index in [1.54, 1.807) is 36.5 Å². The number of pyridine rings is 1. The Kier molecular flexibility index (Phi) is 4.66. The molecule has 2 heterocycles. The minimum Gasteiger partial charge on any atom is -0.452 e. The average Bonchev–Trinajstić information content (AvgIpc) is 3.03. The number of nitrogens with one attached hydrogen (secondary N) is 1. The maximum atomic E-state index is 12.1. The first kappa shape index (κ1) is 17.3. The standard InChI is InChI=1S/C20H20N2O5/c23-18(13-25-19(24)14-5-4-10-21-12-14)22-15-6-7-16-17(11-15)27-20(26-16)8-2-1-3-9-20/h4-7,10-12H,1-3,8-9,13H2,(H,22,23). The van der Waals surface area contributed by atoms with Crippen molar-refractivity contribution in [1.29, 1.82) is 0 Å². The van der Waals surface area contributed by atoms with Gasteiger partial charge in [0.1, 0.15) is 0 Å². The van der Waals surface area contributed by atoms with Gasteiger partial charge in [-0.3, -0.25) is 9.78 Å². The molecule has 1 aliphatic heterocycles. The van der Waals surface area contributed by atoms with Gasteiger partial charge >= 0.3 is 5.97 Å². The predicted molar refractivity (Wildman–Crippen MR) is 96.7 cm³/mol. The fourth-order valence-electron chi connectivity index (χ4n) is 3.36. The summed E-state index contributed by atoms with van der Waals surface area (Å²) in [5.74, 6) is -0.260. The third kappa shape index (κ3) is 3.86. The Balaban J connectivity index is 1.33. The number of carbonyl (C=O) groups is 2. The number of amides is 1. The van der Waals surface area contributed by atoms with Crippen molar-refractivity contribution in [1.82, 2.24) is 4.98 Å². The Hall–Kier alpha value is -3.09. The van der Waals surface area contributed by atoms with Crippen molar-refractivity contribution >= 4 is 17.6 Å². The van der Waals surface area contributed by atoms with Gasteiger partial charge in [0.05, 0.1) is 5.56 Å². The lowest BCUT2D eigenvalue weighted by atomic mass is 9.94. The molecule has 1 amide bonds. The Labute approximate surface area is 156 Å². The summed E-state index contributed by atoms with van der Waals surface area (Å²) < 4.78 is 17.1.